The molecule has 1 aliphatic rings. The molecule has 2 aromatic carbocycles. The van der Waals surface area contributed by atoms with Crippen molar-refractivity contribution in [2.45, 2.75) is 18.9 Å². The van der Waals surface area contributed by atoms with Crippen molar-refractivity contribution in [3.63, 3.8) is 0 Å². The van der Waals surface area contributed by atoms with Gasteiger partial charge in [0.25, 0.3) is 11.8 Å². The van der Waals surface area contributed by atoms with Crippen LogP contribution in [-0.2, 0) is 0 Å². The van der Waals surface area contributed by atoms with Gasteiger partial charge in [0.15, 0.2) is 0 Å². The third kappa shape index (κ3) is 4.19. The highest BCUT2D eigenvalue weighted by Crippen LogP contribution is 2.30. The summed E-state index contributed by atoms with van der Waals surface area (Å²) in [5, 5.41) is 5.84. The monoisotopic (exact) mass is 383 g/mol. The summed E-state index contributed by atoms with van der Waals surface area (Å²) in [7, 11) is 6.75. The second-order valence-electron chi connectivity index (χ2n) is 6.87. The van der Waals surface area contributed by atoms with Crippen molar-refractivity contribution >= 4 is 23.2 Å². The number of amides is 2. The first-order valence-corrected chi connectivity index (χ1v) is 9.09. The van der Waals surface area contributed by atoms with E-state index in [2.05, 4.69) is 10.6 Å². The maximum atomic E-state index is 12.9. The molecular weight excluding hydrogens is 358 g/mol. The molecule has 3 rings (SSSR count). The van der Waals surface area contributed by atoms with E-state index in [1.165, 1.54) is 14.2 Å². The minimum Gasteiger partial charge on any atom is -0.496 e. The highest BCUT2D eigenvalue weighted by Gasteiger charge is 2.26. The molecule has 0 bridgehead atoms. The maximum Gasteiger partial charge on any atom is 0.263 e. The zero-order valence-electron chi connectivity index (χ0n) is 16.5. The number of carbonyl (C=O) groups is 2. The molecule has 0 unspecified atom stereocenters. The van der Waals surface area contributed by atoms with Gasteiger partial charge >= 0.3 is 0 Å². The van der Waals surface area contributed by atoms with Crippen molar-refractivity contribution in [1.29, 1.82) is 0 Å². The average molecular weight is 383 g/mol. The molecule has 1 fully saturated rings. The Hall–Kier alpha value is -3.22. The number of nitrogens with zero attached hydrogens (tertiary/aromatic N) is 1. The van der Waals surface area contributed by atoms with E-state index >= 15 is 0 Å². The lowest BCUT2D eigenvalue weighted by Gasteiger charge is -2.19. The molecule has 0 heterocycles. The fourth-order valence-electron chi connectivity index (χ4n) is 2.95. The van der Waals surface area contributed by atoms with Gasteiger partial charge in [-0.1, -0.05) is 6.07 Å². The Labute approximate surface area is 164 Å². The first-order valence-electron chi connectivity index (χ1n) is 9.09. The van der Waals surface area contributed by atoms with Crippen molar-refractivity contribution in [3.05, 3.63) is 47.5 Å². The van der Waals surface area contributed by atoms with Gasteiger partial charge in [-0.25, -0.2) is 0 Å². The Bertz CT molecular complexity index is 869. The van der Waals surface area contributed by atoms with E-state index in [-0.39, 0.29) is 17.9 Å². The lowest BCUT2D eigenvalue weighted by molar-refractivity contribution is 0.0950. The zero-order chi connectivity index (χ0) is 20.3. The number of benzene rings is 2. The summed E-state index contributed by atoms with van der Waals surface area (Å²) in [6.45, 7) is 0. The Morgan fingerprint density at radius 3 is 2.18 bits per heavy atom. The second-order valence-corrected chi connectivity index (χ2v) is 6.87. The highest BCUT2D eigenvalue weighted by atomic mass is 16.5. The van der Waals surface area contributed by atoms with Crippen LogP contribution in [0.5, 0.6) is 11.5 Å². The molecule has 1 aliphatic carbocycles. The van der Waals surface area contributed by atoms with E-state index in [9.17, 15) is 9.59 Å². The molecule has 1 saturated carbocycles. The quantitative estimate of drug-likeness (QED) is 0.769. The predicted molar refractivity (Wildman–Crippen MR) is 109 cm³/mol. The van der Waals surface area contributed by atoms with Gasteiger partial charge in [0, 0.05) is 31.5 Å². The number of rotatable bonds is 7. The van der Waals surface area contributed by atoms with Gasteiger partial charge in [0.1, 0.15) is 17.1 Å². The van der Waals surface area contributed by atoms with E-state index in [0.717, 1.165) is 18.5 Å². The number of methoxy groups -OCH3 is 2. The first-order chi connectivity index (χ1) is 13.4. The Balaban J connectivity index is 1.90. The maximum absolute atomic E-state index is 12.9. The molecule has 7 nitrogen and oxygen atoms in total. The van der Waals surface area contributed by atoms with Gasteiger partial charge in [-0.15, -0.1) is 0 Å². The summed E-state index contributed by atoms with van der Waals surface area (Å²) in [6.07, 6.45) is 2.01. The normalized spacial score (nSPS) is 12.9. The van der Waals surface area contributed by atoms with Crippen LogP contribution in [-0.4, -0.2) is 46.2 Å². The average Bonchev–Trinajstić information content (AvgIpc) is 3.50. The standard InChI is InChI=1S/C21H25N3O4/c1-24(2)16-11-10-14(12-15(16)20(25)22-13-8-9-13)23-21(26)19-17(27-3)6-5-7-18(19)28-4/h5-7,10-13H,8-9H2,1-4H3,(H,22,25)(H,23,26). The van der Waals surface area contributed by atoms with Gasteiger partial charge in [0.2, 0.25) is 0 Å². The first kappa shape index (κ1) is 19.5. The fraction of sp³-hybridized carbons (Fsp3) is 0.333. The van der Waals surface area contributed by atoms with Crippen LogP contribution < -0.4 is 25.0 Å². The Morgan fingerprint density at radius 1 is 1.00 bits per heavy atom. The zero-order valence-corrected chi connectivity index (χ0v) is 16.5. The van der Waals surface area contributed by atoms with Crippen molar-refractivity contribution < 1.29 is 19.1 Å². The number of ether oxygens (including phenoxy) is 2. The predicted octanol–water partition coefficient (Wildman–Crippen LogP) is 2.91. The Morgan fingerprint density at radius 2 is 1.64 bits per heavy atom. The largest absolute Gasteiger partial charge is 0.496 e. The molecule has 0 atom stereocenters. The molecule has 28 heavy (non-hydrogen) atoms. The van der Waals surface area contributed by atoms with Crippen LogP contribution in [0.15, 0.2) is 36.4 Å². The van der Waals surface area contributed by atoms with Crippen molar-refractivity contribution in [1.82, 2.24) is 5.32 Å². The van der Waals surface area contributed by atoms with Gasteiger partial charge in [-0.05, 0) is 43.2 Å². The third-order valence-electron chi connectivity index (χ3n) is 4.55. The molecule has 0 saturated heterocycles. The van der Waals surface area contributed by atoms with Crippen molar-refractivity contribution in [2.75, 3.05) is 38.5 Å². The molecular formula is C21H25N3O4. The van der Waals surface area contributed by atoms with Crippen LogP contribution in [0.1, 0.15) is 33.6 Å². The van der Waals surface area contributed by atoms with Crippen molar-refractivity contribution in [2.24, 2.45) is 0 Å². The lowest BCUT2D eigenvalue weighted by Crippen LogP contribution is -2.27. The number of hydrogen-bond donors (Lipinski definition) is 2. The molecule has 0 spiro atoms. The van der Waals surface area contributed by atoms with Crippen molar-refractivity contribution in [3.8, 4) is 11.5 Å². The second kappa shape index (κ2) is 8.21. The number of hydrogen-bond acceptors (Lipinski definition) is 5. The summed E-state index contributed by atoms with van der Waals surface area (Å²) in [5.74, 6) is 0.305. The Kier molecular flexibility index (Phi) is 5.73. The van der Waals surface area contributed by atoms with Crippen LogP contribution in [0.25, 0.3) is 0 Å². The molecule has 2 aromatic rings. The number of carbonyl (C=O) groups excluding carboxylic acids is 2. The lowest BCUT2D eigenvalue weighted by atomic mass is 10.1. The highest BCUT2D eigenvalue weighted by molar-refractivity contribution is 6.09. The molecule has 2 N–H and O–H groups in total. The molecule has 0 aromatic heterocycles. The van der Waals surface area contributed by atoms with Gasteiger partial charge in [-0.2, -0.15) is 0 Å². The molecule has 148 valence electrons. The number of anilines is 2. The summed E-state index contributed by atoms with van der Waals surface area (Å²) in [6, 6.07) is 10.7. The van der Waals surface area contributed by atoms with E-state index in [4.69, 9.17) is 9.47 Å². The van der Waals surface area contributed by atoms with Crippen LogP contribution >= 0.6 is 0 Å². The van der Waals surface area contributed by atoms with Gasteiger partial charge in [0.05, 0.1) is 19.8 Å². The van der Waals surface area contributed by atoms with E-state index in [0.29, 0.717) is 28.3 Å². The van der Waals surface area contributed by atoms with Gasteiger partial charge in [-0.3, -0.25) is 9.59 Å². The minimum absolute atomic E-state index is 0.142. The summed E-state index contributed by atoms with van der Waals surface area (Å²) in [4.78, 5) is 27.4. The topological polar surface area (TPSA) is 79.9 Å². The summed E-state index contributed by atoms with van der Waals surface area (Å²) >= 11 is 0. The molecule has 2 amide bonds. The fourth-order valence-corrected chi connectivity index (χ4v) is 2.95. The summed E-state index contributed by atoms with van der Waals surface area (Å²) < 4.78 is 10.6. The van der Waals surface area contributed by atoms with Crippen LogP contribution in [0.2, 0.25) is 0 Å². The number of nitrogens with one attached hydrogen (secondary N) is 2. The smallest absolute Gasteiger partial charge is 0.263 e. The SMILES string of the molecule is COc1cccc(OC)c1C(=O)Nc1ccc(N(C)C)c(C(=O)NC2CC2)c1. The molecule has 0 aliphatic heterocycles. The van der Waals surface area contributed by atoms with E-state index in [1.807, 2.05) is 25.1 Å². The van der Waals surface area contributed by atoms with Crippen LogP contribution in [0.3, 0.4) is 0 Å². The van der Waals surface area contributed by atoms with E-state index < -0.39 is 0 Å². The van der Waals surface area contributed by atoms with Crippen LogP contribution in [0, 0.1) is 0 Å². The summed E-state index contributed by atoms with van der Waals surface area (Å²) in [5.41, 5.74) is 2.12. The molecule has 0 radical (unpaired) electrons. The van der Waals surface area contributed by atoms with E-state index in [1.54, 1.807) is 30.3 Å². The van der Waals surface area contributed by atoms with Gasteiger partial charge < -0.3 is 25.0 Å². The minimum atomic E-state index is -0.375. The van der Waals surface area contributed by atoms with Crippen LogP contribution in [0.4, 0.5) is 11.4 Å². The molecule has 7 heteroatoms. The third-order valence-corrected chi connectivity index (χ3v) is 4.55.